The molecule has 1 unspecified atom stereocenters. The van der Waals surface area contributed by atoms with Crippen molar-refractivity contribution in [2.24, 2.45) is 0 Å². The first-order valence-corrected chi connectivity index (χ1v) is 5.17. The molecule has 1 N–H and O–H groups in total. The van der Waals surface area contributed by atoms with Gasteiger partial charge < -0.3 is 9.84 Å². The molecule has 2 nitrogen and oxygen atoms in total. The second-order valence-corrected chi connectivity index (χ2v) is 3.76. The molecule has 0 bridgehead atoms. The molecule has 0 heterocycles. The van der Waals surface area contributed by atoms with Gasteiger partial charge in [0, 0.05) is 11.3 Å². The van der Waals surface area contributed by atoms with Gasteiger partial charge in [-0.1, -0.05) is 6.07 Å². The summed E-state index contributed by atoms with van der Waals surface area (Å²) in [6, 6.07) is 3.96. The number of hydrogen-bond donors (Lipinski definition) is 2. The molecule has 0 radical (unpaired) electrons. The monoisotopic (exact) mass is 212 g/mol. The van der Waals surface area contributed by atoms with E-state index in [0.717, 1.165) is 22.4 Å². The third-order valence-electron chi connectivity index (χ3n) is 2.22. The van der Waals surface area contributed by atoms with Gasteiger partial charge in [-0.05, 0) is 31.0 Å². The van der Waals surface area contributed by atoms with E-state index in [4.69, 9.17) is 4.74 Å². The molecule has 0 aliphatic rings. The first-order valence-electron chi connectivity index (χ1n) is 4.54. The smallest absolute Gasteiger partial charge is 0.125 e. The number of thiol groups is 1. The normalized spacial score (nSPS) is 12.6. The molecule has 1 rings (SSSR count). The summed E-state index contributed by atoms with van der Waals surface area (Å²) in [4.78, 5) is 0. The van der Waals surface area contributed by atoms with Crippen LogP contribution in [0.1, 0.15) is 22.8 Å². The van der Waals surface area contributed by atoms with E-state index in [0.29, 0.717) is 5.75 Å². The van der Waals surface area contributed by atoms with Crippen molar-refractivity contribution in [2.75, 3.05) is 12.9 Å². The van der Waals surface area contributed by atoms with Crippen LogP contribution >= 0.6 is 12.6 Å². The lowest BCUT2D eigenvalue weighted by atomic mass is 10.0. The van der Waals surface area contributed by atoms with Gasteiger partial charge in [-0.3, -0.25) is 0 Å². The highest BCUT2D eigenvalue weighted by atomic mass is 32.1. The SMILES string of the molecule is COc1cc(C)cc(C)c1C(O)CS. The highest BCUT2D eigenvalue weighted by Crippen LogP contribution is 2.30. The number of aryl methyl sites for hydroxylation is 2. The first kappa shape index (κ1) is 11.4. The highest BCUT2D eigenvalue weighted by Gasteiger charge is 2.14. The number of methoxy groups -OCH3 is 1. The van der Waals surface area contributed by atoms with Gasteiger partial charge in [0.25, 0.3) is 0 Å². The van der Waals surface area contributed by atoms with Crippen LogP contribution in [0.2, 0.25) is 0 Å². The molecule has 0 aromatic heterocycles. The fourth-order valence-corrected chi connectivity index (χ4v) is 1.81. The average molecular weight is 212 g/mol. The van der Waals surface area contributed by atoms with Crippen LogP contribution in [0.15, 0.2) is 12.1 Å². The second kappa shape index (κ2) is 4.71. The molecule has 0 amide bonds. The van der Waals surface area contributed by atoms with E-state index in [9.17, 15) is 5.11 Å². The van der Waals surface area contributed by atoms with Crippen molar-refractivity contribution in [1.82, 2.24) is 0 Å². The molecule has 1 aromatic carbocycles. The molecule has 1 atom stereocenters. The van der Waals surface area contributed by atoms with E-state index in [1.54, 1.807) is 7.11 Å². The van der Waals surface area contributed by atoms with E-state index in [1.165, 1.54) is 0 Å². The van der Waals surface area contributed by atoms with Crippen LogP contribution in [-0.4, -0.2) is 18.0 Å². The zero-order valence-corrected chi connectivity index (χ0v) is 9.64. The molecular formula is C11H16O2S. The molecule has 0 aliphatic heterocycles. The number of hydrogen-bond acceptors (Lipinski definition) is 3. The van der Waals surface area contributed by atoms with Crippen LogP contribution in [-0.2, 0) is 0 Å². The summed E-state index contributed by atoms with van der Waals surface area (Å²) >= 11 is 4.08. The summed E-state index contributed by atoms with van der Waals surface area (Å²) in [5.41, 5.74) is 3.02. The summed E-state index contributed by atoms with van der Waals surface area (Å²) < 4.78 is 5.24. The van der Waals surface area contributed by atoms with Crippen LogP contribution in [0.25, 0.3) is 0 Å². The molecule has 0 fully saturated rings. The zero-order chi connectivity index (χ0) is 10.7. The Balaban J connectivity index is 3.24. The number of aliphatic hydroxyl groups excluding tert-OH is 1. The molecule has 14 heavy (non-hydrogen) atoms. The molecule has 0 saturated heterocycles. The Kier molecular flexibility index (Phi) is 3.84. The van der Waals surface area contributed by atoms with Crippen LogP contribution < -0.4 is 4.74 Å². The molecule has 1 aromatic rings. The summed E-state index contributed by atoms with van der Waals surface area (Å²) in [6.45, 7) is 3.98. The second-order valence-electron chi connectivity index (χ2n) is 3.40. The Morgan fingerprint density at radius 2 is 2.07 bits per heavy atom. The lowest BCUT2D eigenvalue weighted by molar-refractivity contribution is 0.198. The van der Waals surface area contributed by atoms with Crippen LogP contribution in [0.3, 0.4) is 0 Å². The van der Waals surface area contributed by atoms with E-state index >= 15 is 0 Å². The molecule has 3 heteroatoms. The van der Waals surface area contributed by atoms with Gasteiger partial charge >= 0.3 is 0 Å². The average Bonchev–Trinajstić information content (AvgIpc) is 2.15. The number of rotatable bonds is 3. The number of ether oxygens (including phenoxy) is 1. The minimum atomic E-state index is -0.561. The summed E-state index contributed by atoms with van der Waals surface area (Å²) in [7, 11) is 1.61. The highest BCUT2D eigenvalue weighted by molar-refractivity contribution is 7.80. The lowest BCUT2D eigenvalue weighted by Gasteiger charge is -2.16. The van der Waals surface area contributed by atoms with Crippen LogP contribution in [0.4, 0.5) is 0 Å². The van der Waals surface area contributed by atoms with Gasteiger partial charge in [-0.15, -0.1) is 0 Å². The fourth-order valence-electron chi connectivity index (χ4n) is 1.63. The van der Waals surface area contributed by atoms with E-state index in [-0.39, 0.29) is 0 Å². The van der Waals surface area contributed by atoms with Crippen molar-refractivity contribution in [2.45, 2.75) is 20.0 Å². The Morgan fingerprint density at radius 3 is 2.57 bits per heavy atom. The Hall–Kier alpha value is -0.670. The molecular weight excluding hydrogens is 196 g/mol. The van der Waals surface area contributed by atoms with Crippen molar-refractivity contribution in [3.8, 4) is 5.75 Å². The zero-order valence-electron chi connectivity index (χ0n) is 8.74. The van der Waals surface area contributed by atoms with Crippen LogP contribution in [0.5, 0.6) is 5.75 Å². The van der Waals surface area contributed by atoms with Gasteiger partial charge in [0.2, 0.25) is 0 Å². The van der Waals surface area contributed by atoms with Gasteiger partial charge in [-0.25, -0.2) is 0 Å². The maximum Gasteiger partial charge on any atom is 0.125 e. The largest absolute Gasteiger partial charge is 0.496 e. The minimum absolute atomic E-state index is 0.403. The van der Waals surface area contributed by atoms with Gasteiger partial charge in [-0.2, -0.15) is 12.6 Å². The summed E-state index contributed by atoms with van der Waals surface area (Å²) in [5, 5.41) is 9.76. The fraction of sp³-hybridized carbons (Fsp3) is 0.455. The summed E-state index contributed by atoms with van der Waals surface area (Å²) in [5.74, 6) is 1.14. The molecule has 0 saturated carbocycles. The lowest BCUT2D eigenvalue weighted by Crippen LogP contribution is -2.04. The van der Waals surface area contributed by atoms with Crippen molar-refractivity contribution in [3.63, 3.8) is 0 Å². The first-order chi connectivity index (χ1) is 6.60. The molecule has 0 aliphatic carbocycles. The maximum absolute atomic E-state index is 9.76. The van der Waals surface area contributed by atoms with Crippen molar-refractivity contribution >= 4 is 12.6 Å². The third-order valence-corrected chi connectivity index (χ3v) is 2.57. The van der Waals surface area contributed by atoms with Crippen molar-refractivity contribution in [1.29, 1.82) is 0 Å². The van der Waals surface area contributed by atoms with Crippen LogP contribution in [0, 0.1) is 13.8 Å². The third kappa shape index (κ3) is 2.22. The van der Waals surface area contributed by atoms with Crippen molar-refractivity contribution < 1.29 is 9.84 Å². The molecule has 0 spiro atoms. The Morgan fingerprint density at radius 1 is 1.43 bits per heavy atom. The minimum Gasteiger partial charge on any atom is -0.496 e. The predicted molar refractivity (Wildman–Crippen MR) is 61.3 cm³/mol. The van der Waals surface area contributed by atoms with E-state index < -0.39 is 6.10 Å². The van der Waals surface area contributed by atoms with Gasteiger partial charge in [0.1, 0.15) is 5.75 Å². The van der Waals surface area contributed by atoms with Crippen molar-refractivity contribution in [3.05, 3.63) is 28.8 Å². The van der Waals surface area contributed by atoms with E-state index in [1.807, 2.05) is 26.0 Å². The predicted octanol–water partition coefficient (Wildman–Crippen LogP) is 2.28. The Labute approximate surface area is 90.3 Å². The van der Waals surface area contributed by atoms with E-state index in [2.05, 4.69) is 12.6 Å². The standard InChI is InChI=1S/C11H16O2S/c1-7-4-8(2)11(9(12)6-14)10(5-7)13-3/h4-5,9,12,14H,6H2,1-3H3. The number of benzene rings is 1. The van der Waals surface area contributed by atoms with Gasteiger partial charge in [0.15, 0.2) is 0 Å². The Bertz CT molecular complexity index is 323. The maximum atomic E-state index is 9.76. The van der Waals surface area contributed by atoms with Gasteiger partial charge in [0.05, 0.1) is 13.2 Å². The topological polar surface area (TPSA) is 29.5 Å². The quantitative estimate of drug-likeness (QED) is 0.753. The summed E-state index contributed by atoms with van der Waals surface area (Å²) in [6.07, 6.45) is -0.561. The number of aliphatic hydroxyl groups is 1. The molecule has 78 valence electrons.